The summed E-state index contributed by atoms with van der Waals surface area (Å²) in [5.41, 5.74) is 2.80. The van der Waals surface area contributed by atoms with Crippen LogP contribution >= 0.6 is 11.8 Å². The molecule has 4 aromatic rings. The van der Waals surface area contributed by atoms with Crippen molar-refractivity contribution in [2.45, 2.75) is 50.4 Å². The summed E-state index contributed by atoms with van der Waals surface area (Å²) in [6, 6.07) is 8.08. The molecule has 146 valence electrons. The molecule has 0 amide bonds. The van der Waals surface area contributed by atoms with E-state index in [9.17, 15) is 0 Å². The van der Waals surface area contributed by atoms with Gasteiger partial charge in [-0.25, -0.2) is 0 Å². The van der Waals surface area contributed by atoms with Crippen molar-refractivity contribution < 1.29 is 9.26 Å². The molecule has 0 N–H and O–H groups in total. The van der Waals surface area contributed by atoms with Gasteiger partial charge in [0.05, 0.1) is 17.9 Å². The van der Waals surface area contributed by atoms with Crippen LogP contribution in [0.2, 0.25) is 0 Å². The molecule has 0 radical (unpaired) electrons. The average molecular weight is 398 g/mol. The van der Waals surface area contributed by atoms with E-state index < -0.39 is 0 Å². The molecule has 1 atom stereocenters. The van der Waals surface area contributed by atoms with Crippen molar-refractivity contribution in [2.75, 3.05) is 7.11 Å². The molecule has 0 bridgehead atoms. The van der Waals surface area contributed by atoms with Gasteiger partial charge in [-0.15, -0.1) is 10.2 Å². The maximum Gasteiger partial charge on any atom is 0.239 e. The summed E-state index contributed by atoms with van der Waals surface area (Å²) < 4.78 is 13.0. The van der Waals surface area contributed by atoms with E-state index in [0.717, 1.165) is 33.0 Å². The van der Waals surface area contributed by atoms with Crippen LogP contribution in [0.15, 0.2) is 33.9 Å². The molecule has 0 aliphatic carbocycles. The number of ether oxygens (including phenoxy) is 1. The van der Waals surface area contributed by atoms with Crippen LogP contribution in [-0.4, -0.2) is 31.8 Å². The van der Waals surface area contributed by atoms with E-state index in [1.165, 1.54) is 0 Å². The number of methoxy groups -OCH3 is 1. The van der Waals surface area contributed by atoms with E-state index in [1.54, 1.807) is 18.9 Å². The maximum absolute atomic E-state index is 5.50. The third-order valence-electron chi connectivity index (χ3n) is 4.62. The summed E-state index contributed by atoms with van der Waals surface area (Å²) in [5.74, 6) is 2.08. The standard InChI is InChI=1S/C20H23N5O2S/c1-11-9-16-22-23-19(25(16)15-10-13(26-6)7-8-14(11)15)28-12(2)17-21-18(24-27-17)20(3,4)5/h7-10,12H,1-6H3. The van der Waals surface area contributed by atoms with Crippen LogP contribution in [0.25, 0.3) is 16.6 Å². The van der Waals surface area contributed by atoms with Crippen LogP contribution in [0, 0.1) is 6.92 Å². The predicted octanol–water partition coefficient (Wildman–Crippen LogP) is 4.73. The molecule has 1 aromatic carbocycles. The van der Waals surface area contributed by atoms with E-state index in [0.29, 0.717) is 11.7 Å². The van der Waals surface area contributed by atoms with Crippen molar-refractivity contribution in [1.29, 1.82) is 0 Å². The van der Waals surface area contributed by atoms with Crippen molar-refractivity contribution >= 4 is 28.3 Å². The Bertz CT molecular complexity index is 1160. The maximum atomic E-state index is 5.50. The first-order chi connectivity index (χ1) is 13.3. The van der Waals surface area contributed by atoms with Gasteiger partial charge in [-0.05, 0) is 37.6 Å². The molecule has 3 aromatic heterocycles. The second kappa shape index (κ2) is 6.77. The lowest BCUT2D eigenvalue weighted by Gasteiger charge is -2.11. The SMILES string of the molecule is COc1ccc2c(C)cc3nnc(SC(C)c4nc(C(C)(C)C)no4)n3c2c1. The van der Waals surface area contributed by atoms with Crippen LogP contribution in [-0.2, 0) is 5.41 Å². The summed E-state index contributed by atoms with van der Waals surface area (Å²) >= 11 is 1.54. The number of aryl methyl sites for hydroxylation is 1. The molecule has 28 heavy (non-hydrogen) atoms. The molecule has 4 rings (SSSR count). The molecular formula is C20H23N5O2S. The number of hydrogen-bond acceptors (Lipinski definition) is 7. The van der Waals surface area contributed by atoms with Crippen molar-refractivity contribution in [2.24, 2.45) is 0 Å². The van der Waals surface area contributed by atoms with E-state index in [2.05, 4.69) is 54.1 Å². The van der Waals surface area contributed by atoms with Gasteiger partial charge < -0.3 is 9.26 Å². The van der Waals surface area contributed by atoms with Crippen LogP contribution in [0.4, 0.5) is 0 Å². The summed E-state index contributed by atoms with van der Waals surface area (Å²) in [5, 5.41) is 14.7. The monoisotopic (exact) mass is 397 g/mol. The number of fused-ring (bicyclic) bond motifs is 3. The highest BCUT2D eigenvalue weighted by molar-refractivity contribution is 7.99. The Balaban J connectivity index is 1.77. The van der Waals surface area contributed by atoms with Crippen LogP contribution in [0.3, 0.4) is 0 Å². The quantitative estimate of drug-likeness (QED) is 0.460. The predicted molar refractivity (Wildman–Crippen MR) is 109 cm³/mol. The van der Waals surface area contributed by atoms with Crippen molar-refractivity contribution in [3.63, 3.8) is 0 Å². The number of pyridine rings is 1. The number of benzene rings is 1. The molecule has 0 fully saturated rings. The Morgan fingerprint density at radius 3 is 2.64 bits per heavy atom. The fraction of sp³-hybridized carbons (Fsp3) is 0.400. The molecular weight excluding hydrogens is 374 g/mol. The van der Waals surface area contributed by atoms with E-state index in [4.69, 9.17) is 9.26 Å². The number of hydrogen-bond donors (Lipinski definition) is 0. The first-order valence-electron chi connectivity index (χ1n) is 9.11. The van der Waals surface area contributed by atoms with Gasteiger partial charge in [0.25, 0.3) is 0 Å². The molecule has 0 saturated heterocycles. The van der Waals surface area contributed by atoms with E-state index in [-0.39, 0.29) is 10.7 Å². The Hall–Kier alpha value is -2.61. The normalized spacial score (nSPS) is 13.4. The Labute approximate surface area is 167 Å². The zero-order valence-electron chi connectivity index (χ0n) is 16.8. The molecule has 7 nitrogen and oxygen atoms in total. The lowest BCUT2D eigenvalue weighted by Crippen LogP contribution is -2.13. The van der Waals surface area contributed by atoms with Gasteiger partial charge in [0.2, 0.25) is 5.89 Å². The zero-order chi connectivity index (χ0) is 20.1. The number of thioether (sulfide) groups is 1. The lowest BCUT2D eigenvalue weighted by atomic mass is 9.96. The van der Waals surface area contributed by atoms with Gasteiger partial charge >= 0.3 is 0 Å². The minimum atomic E-state index is -0.155. The molecule has 0 spiro atoms. The second-order valence-corrected chi connectivity index (χ2v) is 9.16. The molecule has 3 heterocycles. The lowest BCUT2D eigenvalue weighted by molar-refractivity contribution is 0.364. The molecule has 0 aliphatic rings. The van der Waals surface area contributed by atoms with Gasteiger partial charge in [-0.3, -0.25) is 4.40 Å². The molecule has 8 heteroatoms. The largest absolute Gasteiger partial charge is 0.497 e. The highest BCUT2D eigenvalue weighted by Gasteiger charge is 2.25. The van der Waals surface area contributed by atoms with Gasteiger partial charge in [-0.1, -0.05) is 37.7 Å². The summed E-state index contributed by atoms with van der Waals surface area (Å²) in [4.78, 5) is 4.57. The van der Waals surface area contributed by atoms with Gasteiger partial charge in [0.1, 0.15) is 5.75 Å². The first-order valence-corrected chi connectivity index (χ1v) is 9.99. The van der Waals surface area contributed by atoms with E-state index in [1.807, 2.05) is 29.5 Å². The Morgan fingerprint density at radius 2 is 1.96 bits per heavy atom. The summed E-state index contributed by atoms with van der Waals surface area (Å²) in [6.07, 6.45) is 0. The summed E-state index contributed by atoms with van der Waals surface area (Å²) in [6.45, 7) is 10.3. The third-order valence-corrected chi connectivity index (χ3v) is 5.65. The minimum Gasteiger partial charge on any atom is -0.497 e. The highest BCUT2D eigenvalue weighted by Crippen LogP contribution is 2.36. The third kappa shape index (κ3) is 3.22. The van der Waals surface area contributed by atoms with Crippen molar-refractivity contribution in [1.82, 2.24) is 24.7 Å². The highest BCUT2D eigenvalue weighted by atomic mass is 32.2. The number of rotatable bonds is 4. The van der Waals surface area contributed by atoms with Crippen molar-refractivity contribution in [3.05, 3.63) is 41.5 Å². The number of nitrogens with zero attached hydrogens (tertiary/aromatic N) is 5. The fourth-order valence-corrected chi connectivity index (χ4v) is 3.92. The fourth-order valence-electron chi connectivity index (χ4n) is 3.02. The van der Waals surface area contributed by atoms with Crippen molar-refractivity contribution in [3.8, 4) is 5.75 Å². The van der Waals surface area contributed by atoms with Gasteiger partial charge in [0.15, 0.2) is 16.6 Å². The Kier molecular flexibility index (Phi) is 4.53. The van der Waals surface area contributed by atoms with Gasteiger partial charge in [0, 0.05) is 16.9 Å². The average Bonchev–Trinajstić information content (AvgIpc) is 3.29. The van der Waals surface area contributed by atoms with Crippen LogP contribution < -0.4 is 4.74 Å². The van der Waals surface area contributed by atoms with E-state index >= 15 is 0 Å². The second-order valence-electron chi connectivity index (χ2n) is 7.85. The molecule has 1 unspecified atom stereocenters. The molecule has 0 aliphatic heterocycles. The summed E-state index contributed by atoms with van der Waals surface area (Å²) in [7, 11) is 1.67. The minimum absolute atomic E-state index is 0.0574. The van der Waals surface area contributed by atoms with Crippen LogP contribution in [0.5, 0.6) is 5.75 Å². The Morgan fingerprint density at radius 1 is 1.18 bits per heavy atom. The topological polar surface area (TPSA) is 78.3 Å². The van der Waals surface area contributed by atoms with Gasteiger partial charge in [-0.2, -0.15) is 4.98 Å². The zero-order valence-corrected chi connectivity index (χ0v) is 17.7. The molecule has 0 saturated carbocycles. The first kappa shape index (κ1) is 18.7. The van der Waals surface area contributed by atoms with Crippen LogP contribution in [0.1, 0.15) is 50.2 Å². The smallest absolute Gasteiger partial charge is 0.239 e. The number of aromatic nitrogens is 5.